The number of aromatic hydroxyl groups is 1. The van der Waals surface area contributed by atoms with E-state index in [4.69, 9.17) is 4.74 Å². The third-order valence-corrected chi connectivity index (χ3v) is 14.7. The van der Waals surface area contributed by atoms with Crippen LogP contribution >= 0.6 is 11.3 Å². The Bertz CT molecular complexity index is 2880. The molecule has 4 amide bonds. The van der Waals surface area contributed by atoms with Crippen molar-refractivity contribution in [2.45, 2.75) is 124 Å². The van der Waals surface area contributed by atoms with Crippen molar-refractivity contribution in [2.24, 2.45) is 5.41 Å². The van der Waals surface area contributed by atoms with E-state index < -0.39 is 29.5 Å². The number of aromatic nitrogens is 4. The Hall–Kier alpha value is -7.17. The normalized spacial score (nSPS) is 15.7. The summed E-state index contributed by atoms with van der Waals surface area (Å²) in [6.07, 6.45) is 4.95. The summed E-state index contributed by atoms with van der Waals surface area (Å²) in [7, 11) is 1.77. The second-order valence-electron chi connectivity index (χ2n) is 20.5. The lowest BCUT2D eigenvalue weighted by molar-refractivity contribution is -0.144. The molecule has 0 aliphatic carbocycles. The van der Waals surface area contributed by atoms with Gasteiger partial charge in [0.05, 0.1) is 40.5 Å². The fourth-order valence-corrected chi connectivity index (χ4v) is 10.2. The van der Waals surface area contributed by atoms with Gasteiger partial charge in [-0.1, -0.05) is 118 Å². The van der Waals surface area contributed by atoms with Crippen molar-refractivity contribution in [1.82, 2.24) is 40.4 Å². The summed E-state index contributed by atoms with van der Waals surface area (Å²) >= 11 is 1.58. The number of aliphatic hydroxyl groups excluding tert-OH is 1. The van der Waals surface area contributed by atoms with Gasteiger partial charge in [0, 0.05) is 52.0 Å². The number of rotatable bonds is 23. The Labute approximate surface area is 445 Å². The van der Waals surface area contributed by atoms with Crippen molar-refractivity contribution >= 4 is 46.1 Å². The summed E-state index contributed by atoms with van der Waals surface area (Å²) < 4.78 is 7.82. The molecule has 1 aliphatic heterocycles. The highest BCUT2D eigenvalue weighted by molar-refractivity contribution is 7.13. The zero-order valence-corrected chi connectivity index (χ0v) is 45.1. The predicted molar refractivity (Wildman–Crippen MR) is 293 cm³/mol. The number of phenolic OH excluding ortho intramolecular Hbond substituents is 1. The molecule has 1 saturated heterocycles. The Morgan fingerprint density at radius 3 is 2.23 bits per heavy atom. The average Bonchev–Trinajstić information content (AvgIpc) is 4.16. The van der Waals surface area contributed by atoms with Crippen molar-refractivity contribution < 1.29 is 34.1 Å². The van der Waals surface area contributed by atoms with E-state index in [0.717, 1.165) is 68.9 Å². The van der Waals surface area contributed by atoms with Crippen LogP contribution in [0.3, 0.4) is 0 Å². The van der Waals surface area contributed by atoms with Crippen LogP contribution in [0.5, 0.6) is 11.5 Å². The molecule has 3 heterocycles. The number of aryl methyl sites for hydroxylation is 3. The molecule has 4 aromatic carbocycles. The van der Waals surface area contributed by atoms with E-state index in [1.54, 1.807) is 40.1 Å². The number of hydrogen-bond acceptors (Lipinski definition) is 11. The summed E-state index contributed by atoms with van der Waals surface area (Å²) in [5.41, 5.74) is 10.3. The average molecular weight is 1040 g/mol. The van der Waals surface area contributed by atoms with Gasteiger partial charge in [-0.2, -0.15) is 0 Å². The van der Waals surface area contributed by atoms with Gasteiger partial charge < -0.3 is 35.4 Å². The second kappa shape index (κ2) is 25.9. The maximum atomic E-state index is 14.1. The summed E-state index contributed by atoms with van der Waals surface area (Å²) in [6, 6.07) is 31.4. The highest BCUT2D eigenvalue weighted by atomic mass is 32.1. The molecule has 2 aromatic heterocycles. The number of likely N-dealkylation sites (tertiary alicyclic amines) is 1. The number of thiazole rings is 1. The molecular weight excluding hydrogens is 965 g/mol. The zero-order valence-electron chi connectivity index (χ0n) is 44.3. The number of phenols is 1. The molecule has 0 unspecified atom stereocenters. The van der Waals surface area contributed by atoms with Crippen molar-refractivity contribution in [3.05, 3.63) is 148 Å². The van der Waals surface area contributed by atoms with E-state index in [-0.39, 0.29) is 55.3 Å². The first-order chi connectivity index (χ1) is 36.0. The summed E-state index contributed by atoms with van der Waals surface area (Å²) in [5.74, 6) is -0.114. The Balaban J connectivity index is 0.809. The molecule has 16 heteroatoms. The van der Waals surface area contributed by atoms with Crippen LogP contribution in [-0.2, 0) is 32.1 Å². The van der Waals surface area contributed by atoms with E-state index in [1.807, 2.05) is 125 Å². The molecule has 4 N–H and O–H groups in total. The lowest BCUT2D eigenvalue weighted by atomic mass is 9.85. The summed E-state index contributed by atoms with van der Waals surface area (Å²) in [4.78, 5) is 62.7. The molecule has 75 heavy (non-hydrogen) atoms. The molecule has 0 spiro atoms. The third kappa shape index (κ3) is 15.0. The molecule has 1 aliphatic rings. The monoisotopic (exact) mass is 1040 g/mol. The molecule has 0 bridgehead atoms. The van der Waals surface area contributed by atoms with Gasteiger partial charge in [-0.15, -0.1) is 16.4 Å². The Morgan fingerprint density at radius 2 is 1.57 bits per heavy atom. The number of carbonyl (C=O) groups is 4. The maximum Gasteiger partial charge on any atom is 0.246 e. The number of benzene rings is 4. The lowest BCUT2D eigenvalue weighted by Gasteiger charge is -2.35. The van der Waals surface area contributed by atoms with Crippen LogP contribution in [0.1, 0.15) is 119 Å². The number of carbonyl (C=O) groups excluding carboxylic acids is 4. The summed E-state index contributed by atoms with van der Waals surface area (Å²) in [6.45, 7) is 13.0. The fourth-order valence-electron chi connectivity index (χ4n) is 9.42. The van der Waals surface area contributed by atoms with E-state index in [0.29, 0.717) is 38.3 Å². The molecule has 396 valence electrons. The number of nitrogens with zero attached hydrogens (tertiary/aromatic N) is 6. The molecule has 4 atom stereocenters. The van der Waals surface area contributed by atoms with Gasteiger partial charge in [0.25, 0.3) is 0 Å². The summed E-state index contributed by atoms with van der Waals surface area (Å²) in [5, 5.41) is 35.2. The maximum absolute atomic E-state index is 14.1. The quantitative estimate of drug-likeness (QED) is 0.0355. The van der Waals surface area contributed by atoms with Crippen LogP contribution in [0.4, 0.5) is 0 Å². The number of aliphatic hydroxyl groups is 1. The van der Waals surface area contributed by atoms with Gasteiger partial charge in [-0.05, 0) is 102 Å². The number of unbranched alkanes of at least 4 members (excludes halogenated alkanes) is 2. The minimum Gasteiger partial charge on any atom is -0.508 e. The third-order valence-electron chi connectivity index (χ3n) is 13.7. The van der Waals surface area contributed by atoms with Crippen molar-refractivity contribution in [3.8, 4) is 21.9 Å². The predicted octanol–water partition coefficient (Wildman–Crippen LogP) is 9.19. The highest BCUT2D eigenvalue weighted by Crippen LogP contribution is 2.36. The minimum atomic E-state index is -0.904. The van der Waals surface area contributed by atoms with Crippen LogP contribution in [0.2, 0.25) is 0 Å². The first-order valence-electron chi connectivity index (χ1n) is 26.0. The zero-order chi connectivity index (χ0) is 53.6. The molecule has 7 rings (SSSR count). The Kier molecular flexibility index (Phi) is 19.2. The van der Waals surface area contributed by atoms with Gasteiger partial charge in [-0.3, -0.25) is 23.9 Å². The van der Waals surface area contributed by atoms with Crippen LogP contribution in [0.15, 0.2) is 115 Å². The highest BCUT2D eigenvalue weighted by Gasteiger charge is 2.44. The van der Waals surface area contributed by atoms with Crippen molar-refractivity contribution in [2.75, 3.05) is 26.7 Å². The van der Waals surface area contributed by atoms with E-state index in [9.17, 15) is 29.4 Å². The van der Waals surface area contributed by atoms with Crippen LogP contribution in [0, 0.1) is 12.3 Å². The number of β-amino-alcohol motifs (C(OH)–C–C–N with tert-alkyl or cyclic N) is 1. The van der Waals surface area contributed by atoms with Gasteiger partial charge in [-0.25, -0.2) is 4.98 Å². The SMILES string of the molecule is CC/C(=C(\c1ccc(O)cc1)c1ccc(OCCN(C)C(=O)CCc2cn(CCCCCC(=O)N[C@H](C(=O)N3C[C@H](O)C[C@H]3C(=O)N[C@@H](C)c3ccc(-c4scnc4C)cc3)C(C)(C)C)nn2)cc1)c1ccccc1. The molecule has 1 fully saturated rings. The molecule has 0 radical (unpaired) electrons. The second-order valence-corrected chi connectivity index (χ2v) is 21.3. The number of hydrogen-bond donors (Lipinski definition) is 4. The van der Waals surface area contributed by atoms with E-state index in [1.165, 1.54) is 10.5 Å². The van der Waals surface area contributed by atoms with Crippen LogP contribution < -0.4 is 15.4 Å². The molecule has 0 saturated carbocycles. The smallest absolute Gasteiger partial charge is 0.246 e. The number of likely N-dealkylation sites (N-methyl/N-ethyl adjacent to an activating group) is 1. The van der Waals surface area contributed by atoms with Crippen LogP contribution in [0.25, 0.3) is 21.6 Å². The number of nitrogens with one attached hydrogen (secondary N) is 2. The van der Waals surface area contributed by atoms with Gasteiger partial charge in [0.1, 0.15) is 30.2 Å². The number of ether oxygens (including phenoxy) is 1. The van der Waals surface area contributed by atoms with E-state index in [2.05, 4.69) is 45.0 Å². The van der Waals surface area contributed by atoms with Crippen LogP contribution in [-0.4, -0.2) is 109 Å². The Morgan fingerprint density at radius 1 is 0.880 bits per heavy atom. The fraction of sp³-hybridized carbons (Fsp3) is 0.407. The van der Waals surface area contributed by atoms with Gasteiger partial charge in [0.15, 0.2) is 0 Å². The van der Waals surface area contributed by atoms with E-state index >= 15 is 0 Å². The first-order valence-corrected chi connectivity index (χ1v) is 26.9. The first kappa shape index (κ1) is 55.6. The number of allylic oxidation sites excluding steroid dienone is 1. The van der Waals surface area contributed by atoms with Gasteiger partial charge in [0.2, 0.25) is 23.6 Å². The molecule has 6 aromatic rings. The van der Waals surface area contributed by atoms with Gasteiger partial charge >= 0.3 is 0 Å². The largest absolute Gasteiger partial charge is 0.508 e. The topological polar surface area (TPSA) is 192 Å². The lowest BCUT2D eigenvalue weighted by Crippen LogP contribution is -2.57. The van der Waals surface area contributed by atoms with Crippen molar-refractivity contribution in [1.29, 1.82) is 0 Å². The molecule has 15 nitrogen and oxygen atoms in total. The molecular formula is C59H72N8O7S. The van der Waals surface area contributed by atoms with Crippen molar-refractivity contribution in [3.63, 3.8) is 0 Å². The minimum absolute atomic E-state index is 0.00139. The standard InChI is InChI=1S/C59H72N8O7S/c1-8-50(42-15-11-9-12-16-42)54(43-22-27-47(68)28-23-43)44-24-29-49(30-25-44)74-34-33-65(7)53(71)31-26-46-36-66(64-63-46)32-14-10-13-17-52(70)62-56(59(4,5)6)58(73)67-37-48(69)35-51(67)57(72)61-39(2)41-18-20-45(21-19-41)55-40(3)60-38-75-55/h9,11-12,15-16,18-25,27-30,36,38-39,48,51,56,68-69H,8,10,13-14,17,26,31-35,37H2,1-7H3,(H,61,72)(H,62,70)/b54-50-/t39-,48+,51-,56+/m0/s1. The number of amides is 4.